The van der Waals surface area contributed by atoms with Crippen LogP contribution in [0, 0.1) is 0 Å². The van der Waals surface area contributed by atoms with E-state index in [0.29, 0.717) is 11.5 Å². The minimum absolute atomic E-state index is 0.255. The molecule has 1 amide bonds. The summed E-state index contributed by atoms with van der Waals surface area (Å²) in [6.07, 6.45) is 0.182. The minimum atomic E-state index is -1.01. The van der Waals surface area contributed by atoms with Crippen LogP contribution < -0.4 is 14.8 Å². The molecule has 0 unspecified atom stereocenters. The standard InChI is InChI=1S/C15H15N3O5/c1-9-14(23-11-5-3-2-4-10(11)22-9)15(21)16-12-6-7-18(17-12)8-13(19)20/h2-7,9,14H,8H2,1H3,(H,19,20)(H,16,17,21)/t9-,14-/m0/s1. The van der Waals surface area contributed by atoms with E-state index in [1.54, 1.807) is 25.1 Å². The summed E-state index contributed by atoms with van der Waals surface area (Å²) in [7, 11) is 0. The van der Waals surface area contributed by atoms with Crippen molar-refractivity contribution in [2.45, 2.75) is 25.7 Å². The van der Waals surface area contributed by atoms with E-state index in [-0.39, 0.29) is 12.4 Å². The normalized spacial score (nSPS) is 19.2. The Balaban J connectivity index is 1.69. The van der Waals surface area contributed by atoms with Crippen LogP contribution in [0.3, 0.4) is 0 Å². The first-order valence-corrected chi connectivity index (χ1v) is 7.01. The Labute approximate surface area is 131 Å². The van der Waals surface area contributed by atoms with E-state index >= 15 is 0 Å². The van der Waals surface area contributed by atoms with Crippen molar-refractivity contribution in [3.8, 4) is 11.5 Å². The van der Waals surface area contributed by atoms with Crippen molar-refractivity contribution in [2.75, 3.05) is 5.32 Å². The van der Waals surface area contributed by atoms with Gasteiger partial charge in [0.15, 0.2) is 17.3 Å². The zero-order chi connectivity index (χ0) is 16.4. The number of hydrogen-bond acceptors (Lipinski definition) is 5. The van der Waals surface area contributed by atoms with Crippen molar-refractivity contribution in [1.82, 2.24) is 9.78 Å². The summed E-state index contributed by atoms with van der Waals surface area (Å²) in [5.41, 5.74) is 0. The summed E-state index contributed by atoms with van der Waals surface area (Å²) < 4.78 is 12.6. The molecular formula is C15H15N3O5. The lowest BCUT2D eigenvalue weighted by Crippen LogP contribution is -2.46. The quantitative estimate of drug-likeness (QED) is 0.876. The molecule has 0 bridgehead atoms. The Morgan fingerprint density at radius 2 is 1.96 bits per heavy atom. The van der Waals surface area contributed by atoms with Gasteiger partial charge in [0.1, 0.15) is 12.6 Å². The molecule has 0 spiro atoms. The smallest absolute Gasteiger partial charge is 0.325 e. The minimum Gasteiger partial charge on any atom is -0.482 e. The first kappa shape index (κ1) is 14.9. The highest BCUT2D eigenvalue weighted by molar-refractivity contribution is 5.94. The molecule has 1 aliphatic rings. The van der Waals surface area contributed by atoms with Crippen LogP contribution in [0.25, 0.3) is 0 Å². The van der Waals surface area contributed by atoms with Gasteiger partial charge in [-0.25, -0.2) is 0 Å². The number of ether oxygens (including phenoxy) is 2. The summed E-state index contributed by atoms with van der Waals surface area (Å²) in [6.45, 7) is 1.46. The molecule has 2 heterocycles. The summed E-state index contributed by atoms with van der Waals surface area (Å²) >= 11 is 0. The highest BCUT2D eigenvalue weighted by Crippen LogP contribution is 2.33. The molecule has 0 saturated carbocycles. The number of hydrogen-bond donors (Lipinski definition) is 2. The molecule has 120 valence electrons. The van der Waals surface area contributed by atoms with E-state index in [1.807, 2.05) is 6.07 Å². The maximum absolute atomic E-state index is 12.3. The van der Waals surface area contributed by atoms with Gasteiger partial charge in [-0.15, -0.1) is 0 Å². The van der Waals surface area contributed by atoms with Crippen molar-refractivity contribution >= 4 is 17.7 Å². The Morgan fingerprint density at radius 1 is 1.26 bits per heavy atom. The molecule has 1 aromatic heterocycles. The largest absolute Gasteiger partial charge is 0.482 e. The average molecular weight is 317 g/mol. The SMILES string of the molecule is C[C@@H]1Oc2ccccc2O[C@@H]1C(=O)Nc1ccn(CC(=O)O)n1. The van der Waals surface area contributed by atoms with Crippen LogP contribution in [0.4, 0.5) is 5.82 Å². The van der Waals surface area contributed by atoms with Crippen LogP contribution in [-0.2, 0) is 16.1 Å². The zero-order valence-corrected chi connectivity index (χ0v) is 12.3. The molecular weight excluding hydrogens is 302 g/mol. The molecule has 3 rings (SSSR count). The molecule has 8 heteroatoms. The van der Waals surface area contributed by atoms with Crippen LogP contribution in [0.2, 0.25) is 0 Å². The van der Waals surface area contributed by atoms with Gasteiger partial charge in [-0.05, 0) is 19.1 Å². The van der Waals surface area contributed by atoms with Gasteiger partial charge in [-0.1, -0.05) is 12.1 Å². The van der Waals surface area contributed by atoms with Gasteiger partial charge in [0.25, 0.3) is 5.91 Å². The third-order valence-electron chi connectivity index (χ3n) is 3.29. The third-order valence-corrected chi connectivity index (χ3v) is 3.29. The van der Waals surface area contributed by atoms with Crippen LogP contribution in [0.15, 0.2) is 36.5 Å². The molecule has 8 nitrogen and oxygen atoms in total. The number of aliphatic carboxylic acids is 1. The number of nitrogens with one attached hydrogen (secondary N) is 1. The number of fused-ring (bicyclic) bond motifs is 1. The molecule has 1 aliphatic heterocycles. The molecule has 2 atom stereocenters. The molecule has 0 saturated heterocycles. The molecule has 1 aromatic carbocycles. The van der Waals surface area contributed by atoms with E-state index in [9.17, 15) is 9.59 Å². The van der Waals surface area contributed by atoms with Crippen molar-refractivity contribution in [2.24, 2.45) is 0 Å². The fourth-order valence-electron chi connectivity index (χ4n) is 2.26. The van der Waals surface area contributed by atoms with Crippen LogP contribution in [0.1, 0.15) is 6.92 Å². The van der Waals surface area contributed by atoms with Crippen molar-refractivity contribution in [3.63, 3.8) is 0 Å². The van der Waals surface area contributed by atoms with E-state index in [2.05, 4.69) is 10.4 Å². The van der Waals surface area contributed by atoms with Gasteiger partial charge in [0.05, 0.1) is 0 Å². The van der Waals surface area contributed by atoms with Gasteiger partial charge in [0, 0.05) is 12.3 Å². The first-order chi connectivity index (χ1) is 11.0. The first-order valence-electron chi connectivity index (χ1n) is 7.01. The average Bonchev–Trinajstić information content (AvgIpc) is 2.92. The molecule has 2 aromatic rings. The number of benzene rings is 1. The number of carbonyl (C=O) groups is 2. The van der Waals surface area contributed by atoms with E-state index in [1.165, 1.54) is 16.9 Å². The van der Waals surface area contributed by atoms with Gasteiger partial charge in [-0.3, -0.25) is 14.3 Å². The lowest BCUT2D eigenvalue weighted by atomic mass is 10.1. The molecule has 0 radical (unpaired) electrons. The second-order valence-electron chi connectivity index (χ2n) is 5.09. The monoisotopic (exact) mass is 317 g/mol. The van der Waals surface area contributed by atoms with Crippen molar-refractivity contribution in [3.05, 3.63) is 36.5 Å². The Bertz CT molecular complexity index is 742. The maximum Gasteiger partial charge on any atom is 0.325 e. The highest BCUT2D eigenvalue weighted by atomic mass is 16.6. The summed E-state index contributed by atoms with van der Waals surface area (Å²) in [4.78, 5) is 23.0. The van der Waals surface area contributed by atoms with Crippen LogP contribution in [-0.4, -0.2) is 39.0 Å². The zero-order valence-electron chi connectivity index (χ0n) is 12.3. The number of carboxylic acids is 1. The maximum atomic E-state index is 12.3. The second-order valence-corrected chi connectivity index (χ2v) is 5.09. The Kier molecular flexibility index (Phi) is 3.88. The summed E-state index contributed by atoms with van der Waals surface area (Å²) in [6, 6.07) is 8.63. The van der Waals surface area contributed by atoms with E-state index in [0.717, 1.165) is 0 Å². The fourth-order valence-corrected chi connectivity index (χ4v) is 2.26. The van der Waals surface area contributed by atoms with Gasteiger partial charge < -0.3 is 19.9 Å². The van der Waals surface area contributed by atoms with Crippen molar-refractivity contribution < 1.29 is 24.2 Å². The second kappa shape index (κ2) is 5.99. The lowest BCUT2D eigenvalue weighted by Gasteiger charge is -2.30. The number of amides is 1. The number of carboxylic acid groups (broad SMARTS) is 1. The van der Waals surface area contributed by atoms with Crippen LogP contribution in [0.5, 0.6) is 11.5 Å². The summed E-state index contributed by atoms with van der Waals surface area (Å²) in [5, 5.41) is 15.3. The number of anilines is 1. The number of rotatable bonds is 4. The highest BCUT2D eigenvalue weighted by Gasteiger charge is 2.34. The predicted octanol–water partition coefficient (Wildman–Crippen LogP) is 1.13. The fraction of sp³-hybridized carbons (Fsp3) is 0.267. The number of aromatic nitrogens is 2. The number of carbonyl (C=O) groups excluding carboxylic acids is 1. The van der Waals surface area contributed by atoms with Crippen molar-refractivity contribution in [1.29, 1.82) is 0 Å². The number of nitrogens with zero attached hydrogens (tertiary/aromatic N) is 2. The number of para-hydroxylation sites is 2. The molecule has 2 N–H and O–H groups in total. The Hall–Kier alpha value is -3.03. The van der Waals surface area contributed by atoms with E-state index in [4.69, 9.17) is 14.6 Å². The molecule has 0 aliphatic carbocycles. The summed E-state index contributed by atoms with van der Waals surface area (Å²) in [5.74, 6) is -0.0735. The van der Waals surface area contributed by atoms with Gasteiger partial charge in [0.2, 0.25) is 6.10 Å². The predicted molar refractivity (Wildman–Crippen MR) is 79.4 cm³/mol. The Morgan fingerprint density at radius 3 is 2.65 bits per heavy atom. The topological polar surface area (TPSA) is 103 Å². The third kappa shape index (κ3) is 3.25. The molecule has 0 fully saturated rings. The lowest BCUT2D eigenvalue weighted by molar-refractivity contribution is -0.137. The molecule has 23 heavy (non-hydrogen) atoms. The van der Waals surface area contributed by atoms with Gasteiger partial charge in [-0.2, -0.15) is 5.10 Å². The van der Waals surface area contributed by atoms with E-state index < -0.39 is 24.1 Å². The van der Waals surface area contributed by atoms with Crippen LogP contribution >= 0.6 is 0 Å². The van der Waals surface area contributed by atoms with Gasteiger partial charge >= 0.3 is 5.97 Å².